The fourth-order valence-electron chi connectivity index (χ4n) is 3.68. The summed E-state index contributed by atoms with van der Waals surface area (Å²) >= 11 is 0. The molecule has 3 rings (SSSR count). The number of aliphatic carboxylic acids is 1. The maximum absolute atomic E-state index is 12.4. The maximum Gasteiger partial charge on any atom is 0.317 e. The molecule has 0 radical (unpaired) electrons. The third-order valence-electron chi connectivity index (χ3n) is 5.14. The van der Waals surface area contributed by atoms with Gasteiger partial charge in [-0.3, -0.25) is 9.69 Å². The normalized spacial score (nSPS) is 36.5. The number of likely N-dealkylation sites (tertiary alicyclic amines) is 1. The molecule has 3 aliphatic rings. The number of amides is 2. The zero-order valence-corrected chi connectivity index (χ0v) is 12.3. The topological polar surface area (TPSA) is 82.1 Å². The minimum Gasteiger partial charge on any atom is -0.481 e. The highest BCUT2D eigenvalue weighted by Gasteiger charge is 2.39. The molecular weight excluding hydrogens is 274 g/mol. The van der Waals surface area contributed by atoms with E-state index in [9.17, 15) is 9.59 Å². The highest BCUT2D eigenvalue weighted by molar-refractivity contribution is 5.77. The molecule has 3 fully saturated rings. The molecule has 0 aromatic heterocycles. The smallest absolute Gasteiger partial charge is 0.317 e. The Morgan fingerprint density at radius 3 is 2.71 bits per heavy atom. The fraction of sp³-hybridized carbons (Fsp3) is 0.857. The predicted octanol–water partition coefficient (Wildman–Crippen LogP) is -0.0359. The van der Waals surface area contributed by atoms with Gasteiger partial charge in [0.25, 0.3) is 0 Å². The van der Waals surface area contributed by atoms with Gasteiger partial charge in [0.2, 0.25) is 0 Å². The lowest BCUT2D eigenvalue weighted by molar-refractivity contribution is -0.142. The van der Waals surface area contributed by atoms with Crippen molar-refractivity contribution in [2.24, 2.45) is 5.92 Å². The third-order valence-corrected chi connectivity index (χ3v) is 5.14. The van der Waals surface area contributed by atoms with Gasteiger partial charge in [0.15, 0.2) is 0 Å². The molecule has 21 heavy (non-hydrogen) atoms. The minimum absolute atomic E-state index is 0.155. The van der Waals surface area contributed by atoms with Crippen molar-refractivity contribution in [3.8, 4) is 0 Å². The van der Waals surface area contributed by atoms with E-state index in [0.29, 0.717) is 12.1 Å². The lowest BCUT2D eigenvalue weighted by atomic mass is 10.0. The Labute approximate surface area is 124 Å². The zero-order chi connectivity index (χ0) is 15.0. The highest BCUT2D eigenvalue weighted by atomic mass is 16.5. The Balaban J connectivity index is 1.59. The van der Waals surface area contributed by atoms with Crippen LogP contribution in [0.4, 0.5) is 4.79 Å². The van der Waals surface area contributed by atoms with Crippen LogP contribution in [0, 0.1) is 5.92 Å². The molecule has 0 spiro atoms. The largest absolute Gasteiger partial charge is 0.481 e. The number of nitrogens with one attached hydrogen (secondary N) is 1. The van der Waals surface area contributed by atoms with E-state index in [4.69, 9.17) is 9.84 Å². The number of hydrogen-bond donors (Lipinski definition) is 2. The average Bonchev–Trinajstić information content (AvgIpc) is 2.95. The summed E-state index contributed by atoms with van der Waals surface area (Å²) in [6, 6.07) is 0.429. The first-order chi connectivity index (χ1) is 10.1. The summed E-state index contributed by atoms with van der Waals surface area (Å²) in [4.78, 5) is 27.7. The molecule has 4 unspecified atom stereocenters. The van der Waals surface area contributed by atoms with E-state index >= 15 is 0 Å². The number of carboxylic acids is 1. The van der Waals surface area contributed by atoms with Crippen molar-refractivity contribution in [3.05, 3.63) is 0 Å². The number of carboxylic acid groups (broad SMARTS) is 1. The number of fused-ring (bicyclic) bond motifs is 2. The first-order valence-electron chi connectivity index (χ1n) is 7.64. The first kappa shape index (κ1) is 14.6. The van der Waals surface area contributed by atoms with E-state index in [0.717, 1.165) is 25.9 Å². The second kappa shape index (κ2) is 5.81. The van der Waals surface area contributed by atoms with Gasteiger partial charge in [-0.05, 0) is 26.3 Å². The van der Waals surface area contributed by atoms with Crippen molar-refractivity contribution < 1.29 is 19.4 Å². The Morgan fingerprint density at radius 2 is 1.95 bits per heavy atom. The van der Waals surface area contributed by atoms with E-state index < -0.39 is 17.9 Å². The summed E-state index contributed by atoms with van der Waals surface area (Å²) in [6.45, 7) is 1.92. The molecule has 7 heteroatoms. The number of carbonyl (C=O) groups excluding carboxylic acids is 1. The van der Waals surface area contributed by atoms with Gasteiger partial charge in [-0.25, -0.2) is 4.79 Å². The van der Waals surface area contributed by atoms with Crippen molar-refractivity contribution >= 4 is 12.0 Å². The molecule has 3 heterocycles. The lowest BCUT2D eigenvalue weighted by Crippen LogP contribution is -2.50. The van der Waals surface area contributed by atoms with Crippen LogP contribution in [-0.4, -0.2) is 78.4 Å². The first-order valence-corrected chi connectivity index (χ1v) is 7.64. The van der Waals surface area contributed by atoms with Crippen LogP contribution in [0.1, 0.15) is 19.3 Å². The summed E-state index contributed by atoms with van der Waals surface area (Å²) in [7, 11) is 2.13. The molecule has 0 aromatic carbocycles. The van der Waals surface area contributed by atoms with Crippen LogP contribution < -0.4 is 5.32 Å². The van der Waals surface area contributed by atoms with Gasteiger partial charge >= 0.3 is 12.0 Å². The monoisotopic (exact) mass is 297 g/mol. The van der Waals surface area contributed by atoms with Gasteiger partial charge in [0, 0.05) is 25.2 Å². The van der Waals surface area contributed by atoms with Crippen LogP contribution in [0.15, 0.2) is 0 Å². The Kier molecular flexibility index (Phi) is 4.03. The quantitative estimate of drug-likeness (QED) is 0.747. The van der Waals surface area contributed by atoms with E-state index in [1.54, 1.807) is 0 Å². The van der Waals surface area contributed by atoms with Gasteiger partial charge in [-0.1, -0.05) is 0 Å². The van der Waals surface area contributed by atoms with E-state index in [2.05, 4.69) is 17.3 Å². The lowest BCUT2D eigenvalue weighted by Gasteiger charge is -2.27. The zero-order valence-electron chi connectivity index (χ0n) is 12.3. The number of hydrogen-bond acceptors (Lipinski definition) is 4. The molecular formula is C14H23N3O4. The summed E-state index contributed by atoms with van der Waals surface area (Å²) < 4.78 is 5.19. The number of rotatable bonds is 2. The molecule has 2 N–H and O–H groups in total. The SMILES string of the molecule is CN1C2CCC1CN(C(=O)NC1COCC1C(=O)O)CC2. The number of urea groups is 1. The molecule has 4 atom stereocenters. The van der Waals surface area contributed by atoms with Crippen LogP contribution in [0.3, 0.4) is 0 Å². The van der Waals surface area contributed by atoms with Gasteiger partial charge in [-0.15, -0.1) is 0 Å². The van der Waals surface area contributed by atoms with E-state index in [1.807, 2.05) is 4.90 Å². The number of carbonyl (C=O) groups is 2. The van der Waals surface area contributed by atoms with Crippen LogP contribution in [-0.2, 0) is 9.53 Å². The third kappa shape index (κ3) is 2.85. The van der Waals surface area contributed by atoms with E-state index in [-0.39, 0.29) is 19.2 Å². The predicted molar refractivity (Wildman–Crippen MR) is 75.0 cm³/mol. The molecule has 0 saturated carbocycles. The minimum atomic E-state index is -0.910. The van der Waals surface area contributed by atoms with Crippen molar-refractivity contribution in [1.82, 2.24) is 15.1 Å². The standard InChI is InChI=1S/C14H23N3O4/c1-16-9-2-3-10(16)6-17(5-4-9)14(20)15-12-8-21-7-11(12)13(18)19/h9-12H,2-8H2,1H3,(H,15,20)(H,18,19). The molecule has 2 bridgehead atoms. The molecule has 3 saturated heterocycles. The van der Waals surface area contributed by atoms with Gasteiger partial charge < -0.3 is 20.1 Å². The number of likely N-dealkylation sites (N-methyl/N-ethyl adjacent to an activating group) is 1. The number of nitrogens with zero attached hydrogens (tertiary/aromatic N) is 2. The second-order valence-corrected chi connectivity index (χ2v) is 6.32. The Bertz CT molecular complexity index is 430. The highest BCUT2D eigenvalue weighted by Crippen LogP contribution is 2.28. The summed E-state index contributed by atoms with van der Waals surface area (Å²) in [5.41, 5.74) is 0. The summed E-state index contributed by atoms with van der Waals surface area (Å²) in [5, 5.41) is 12.0. The molecule has 118 valence electrons. The van der Waals surface area contributed by atoms with Crippen LogP contribution in [0.25, 0.3) is 0 Å². The van der Waals surface area contributed by atoms with Crippen molar-refractivity contribution in [3.63, 3.8) is 0 Å². The van der Waals surface area contributed by atoms with Crippen molar-refractivity contribution in [1.29, 1.82) is 0 Å². The van der Waals surface area contributed by atoms with Crippen LogP contribution in [0.2, 0.25) is 0 Å². The van der Waals surface area contributed by atoms with Gasteiger partial charge in [0.05, 0.1) is 19.3 Å². The van der Waals surface area contributed by atoms with E-state index in [1.165, 1.54) is 6.42 Å². The molecule has 2 amide bonds. The van der Waals surface area contributed by atoms with Crippen molar-refractivity contribution in [2.45, 2.75) is 37.4 Å². The summed E-state index contributed by atoms with van der Waals surface area (Å²) in [6.07, 6.45) is 3.34. The number of ether oxygens (including phenoxy) is 1. The molecule has 3 aliphatic heterocycles. The Hall–Kier alpha value is -1.34. The summed E-state index contributed by atoms with van der Waals surface area (Å²) in [5.74, 6) is -1.55. The average molecular weight is 297 g/mol. The molecule has 7 nitrogen and oxygen atoms in total. The maximum atomic E-state index is 12.4. The Morgan fingerprint density at radius 1 is 1.19 bits per heavy atom. The molecule has 0 aromatic rings. The van der Waals surface area contributed by atoms with Crippen LogP contribution in [0.5, 0.6) is 0 Å². The molecule has 0 aliphatic carbocycles. The second-order valence-electron chi connectivity index (χ2n) is 6.32. The van der Waals surface area contributed by atoms with Gasteiger partial charge in [0.1, 0.15) is 5.92 Å². The van der Waals surface area contributed by atoms with Crippen LogP contribution >= 0.6 is 0 Å². The van der Waals surface area contributed by atoms with Gasteiger partial charge in [-0.2, -0.15) is 0 Å². The fourth-order valence-corrected chi connectivity index (χ4v) is 3.68. The van der Waals surface area contributed by atoms with Crippen molar-refractivity contribution in [2.75, 3.05) is 33.4 Å².